The van der Waals surface area contributed by atoms with Gasteiger partial charge in [0.15, 0.2) is 0 Å². The zero-order valence-corrected chi connectivity index (χ0v) is 28.4. The summed E-state index contributed by atoms with van der Waals surface area (Å²) in [7, 11) is 0. The second-order valence-electron chi connectivity index (χ2n) is 12.6. The van der Waals surface area contributed by atoms with E-state index in [0.717, 1.165) is 81.5 Å². The van der Waals surface area contributed by atoms with E-state index in [9.17, 15) is 19.8 Å². The third kappa shape index (κ3) is 9.36. The van der Waals surface area contributed by atoms with Crippen LogP contribution in [0.5, 0.6) is 5.75 Å². The number of para-hydroxylation sites is 1. The summed E-state index contributed by atoms with van der Waals surface area (Å²) < 4.78 is 5.80. The van der Waals surface area contributed by atoms with E-state index in [1.165, 1.54) is 21.9 Å². The fourth-order valence-electron chi connectivity index (χ4n) is 6.46. The zero-order chi connectivity index (χ0) is 34.0. The van der Waals surface area contributed by atoms with E-state index >= 15 is 0 Å². The van der Waals surface area contributed by atoms with E-state index in [0.29, 0.717) is 23.0 Å². The number of phenolic OH excluding ortho intramolecular Hbond substituents is 1. The van der Waals surface area contributed by atoms with Gasteiger partial charge < -0.3 is 30.2 Å². The highest BCUT2D eigenvalue weighted by molar-refractivity contribution is 7.11. The number of aromatic hydroxyl groups is 1. The minimum Gasteiger partial charge on any atom is -0.506 e. The Hall–Kier alpha value is -4.48. The maximum absolute atomic E-state index is 12.7. The molecule has 1 amide bonds. The minimum absolute atomic E-state index is 0.0117. The van der Waals surface area contributed by atoms with Crippen LogP contribution in [0, 0.1) is 0 Å². The Labute approximate surface area is 290 Å². The normalized spacial score (nSPS) is 14.6. The number of nitrogens with one attached hydrogen (secondary N) is 3. The Kier molecular flexibility index (Phi) is 11.8. The molecule has 5 N–H and O–H groups in total. The first-order valence-corrected chi connectivity index (χ1v) is 17.9. The third-order valence-corrected chi connectivity index (χ3v) is 10.3. The molecule has 1 aliphatic heterocycles. The number of likely N-dealkylation sites (tertiary alicyclic amines) is 1. The first-order chi connectivity index (χ1) is 23.9. The molecule has 256 valence electrons. The van der Waals surface area contributed by atoms with Crippen LogP contribution in [-0.2, 0) is 17.6 Å². The number of phenols is 1. The molecule has 2 aromatic heterocycles. The molecular weight excluding hydrogens is 637 g/mol. The first-order valence-electron chi connectivity index (χ1n) is 17.1. The number of nitrogens with zero attached hydrogens (tertiary/aromatic N) is 1. The Bertz CT molecular complexity index is 1880. The standard InChI is InChI=1S/C39H44N4O5S/c44-35-18-16-32(33-17-19-37(46)42-38(33)35)36(45)26-40-22-6-10-29-14-15-30(49-29)11-7-23-43-24-20-28(21-25-43)48-39(47)41-34-13-5-4-12-31(34)27-8-2-1-3-9-27/h1-5,8-9,12-19,28,36,40,44-45H,6-7,10-11,20-26H2,(H,41,47)(H,42,46)/t36-/m1/s1. The molecule has 1 fully saturated rings. The van der Waals surface area contributed by atoms with Crippen molar-refractivity contribution in [2.24, 2.45) is 0 Å². The van der Waals surface area contributed by atoms with Crippen molar-refractivity contribution in [2.45, 2.75) is 50.7 Å². The molecule has 10 heteroatoms. The topological polar surface area (TPSA) is 127 Å². The summed E-state index contributed by atoms with van der Waals surface area (Å²) in [6.45, 7) is 4.06. The van der Waals surface area contributed by atoms with Gasteiger partial charge in [-0.15, -0.1) is 11.3 Å². The molecule has 1 aliphatic rings. The van der Waals surface area contributed by atoms with Gasteiger partial charge in [0.25, 0.3) is 0 Å². The number of benzene rings is 3. The Morgan fingerprint density at radius 1 is 0.918 bits per heavy atom. The van der Waals surface area contributed by atoms with Gasteiger partial charge >= 0.3 is 6.09 Å². The highest BCUT2D eigenvalue weighted by atomic mass is 32.1. The summed E-state index contributed by atoms with van der Waals surface area (Å²) >= 11 is 1.88. The lowest BCUT2D eigenvalue weighted by Gasteiger charge is -2.31. The van der Waals surface area contributed by atoms with Gasteiger partial charge in [0.2, 0.25) is 5.56 Å². The molecule has 9 nitrogen and oxygen atoms in total. The molecule has 49 heavy (non-hydrogen) atoms. The maximum Gasteiger partial charge on any atom is 0.411 e. The van der Waals surface area contributed by atoms with Gasteiger partial charge in [0.1, 0.15) is 11.9 Å². The second-order valence-corrected chi connectivity index (χ2v) is 13.8. The summed E-state index contributed by atoms with van der Waals surface area (Å²) in [5.41, 5.74) is 3.49. The smallest absolute Gasteiger partial charge is 0.411 e. The van der Waals surface area contributed by atoms with Gasteiger partial charge in [0, 0.05) is 46.4 Å². The van der Waals surface area contributed by atoms with Gasteiger partial charge in [-0.2, -0.15) is 0 Å². The molecule has 3 aromatic carbocycles. The lowest BCUT2D eigenvalue weighted by Crippen LogP contribution is -2.39. The number of rotatable bonds is 14. The van der Waals surface area contributed by atoms with Crippen molar-refractivity contribution in [3.8, 4) is 16.9 Å². The fraction of sp³-hybridized carbons (Fsp3) is 0.333. The van der Waals surface area contributed by atoms with Crippen LogP contribution in [-0.4, -0.2) is 65.0 Å². The number of hydrogen-bond donors (Lipinski definition) is 5. The van der Waals surface area contributed by atoms with Crippen molar-refractivity contribution in [3.05, 3.63) is 117 Å². The maximum atomic E-state index is 12.7. The number of fused-ring (bicyclic) bond motifs is 1. The summed E-state index contributed by atoms with van der Waals surface area (Å²) in [4.78, 5) is 32.3. The number of anilines is 1. The van der Waals surface area contributed by atoms with Crippen LogP contribution in [0.4, 0.5) is 10.5 Å². The third-order valence-electron chi connectivity index (χ3n) is 9.05. The molecule has 0 aliphatic carbocycles. The minimum atomic E-state index is -0.756. The molecule has 5 aromatic rings. The number of carbonyl (C=O) groups is 1. The van der Waals surface area contributed by atoms with Crippen LogP contribution in [0.3, 0.4) is 0 Å². The average Bonchev–Trinajstić information content (AvgIpc) is 3.57. The SMILES string of the molecule is O=C(Nc1ccccc1-c1ccccc1)OC1CCN(CCCc2ccc(CCCNC[C@@H](O)c3ccc(O)c4[nH]c(=O)ccc34)s2)CC1. The Morgan fingerprint density at radius 3 is 2.45 bits per heavy atom. The molecule has 1 saturated heterocycles. The van der Waals surface area contributed by atoms with Gasteiger partial charge in [-0.1, -0.05) is 54.6 Å². The quantitative estimate of drug-likeness (QED) is 0.0811. The molecule has 0 bridgehead atoms. The summed E-state index contributed by atoms with van der Waals surface area (Å²) in [5, 5.41) is 27.8. The molecule has 0 spiro atoms. The molecular formula is C39H44N4O5S. The van der Waals surface area contributed by atoms with E-state index in [2.05, 4.69) is 32.7 Å². The monoisotopic (exact) mass is 680 g/mol. The van der Waals surface area contributed by atoms with Crippen molar-refractivity contribution in [2.75, 3.05) is 38.0 Å². The number of thiophene rings is 1. The summed E-state index contributed by atoms with van der Waals surface area (Å²) in [6.07, 6.45) is 4.56. The first kappa shape index (κ1) is 34.4. The van der Waals surface area contributed by atoms with Gasteiger partial charge in [-0.05, 0) is 93.1 Å². The lowest BCUT2D eigenvalue weighted by atomic mass is 10.0. The zero-order valence-electron chi connectivity index (χ0n) is 27.6. The van der Waals surface area contributed by atoms with E-state index in [1.54, 1.807) is 12.1 Å². The van der Waals surface area contributed by atoms with Crippen molar-refractivity contribution < 1.29 is 19.7 Å². The van der Waals surface area contributed by atoms with Crippen LogP contribution in [0.15, 0.2) is 95.8 Å². The van der Waals surface area contributed by atoms with Crippen molar-refractivity contribution >= 4 is 34.0 Å². The number of aryl methyl sites for hydroxylation is 2. The molecule has 3 heterocycles. The van der Waals surface area contributed by atoms with Crippen molar-refractivity contribution in [1.82, 2.24) is 15.2 Å². The van der Waals surface area contributed by atoms with Crippen LogP contribution < -0.4 is 16.2 Å². The molecule has 0 radical (unpaired) electrons. The number of aliphatic hydroxyl groups excluding tert-OH is 1. The van der Waals surface area contributed by atoms with E-state index in [1.807, 2.05) is 65.9 Å². The highest BCUT2D eigenvalue weighted by Crippen LogP contribution is 2.29. The largest absolute Gasteiger partial charge is 0.506 e. The van der Waals surface area contributed by atoms with Crippen LogP contribution in [0.2, 0.25) is 0 Å². The number of hydrogen-bond acceptors (Lipinski definition) is 8. The van der Waals surface area contributed by atoms with E-state index in [-0.39, 0.29) is 17.4 Å². The van der Waals surface area contributed by atoms with Gasteiger partial charge in [-0.25, -0.2) is 4.79 Å². The predicted molar refractivity (Wildman–Crippen MR) is 196 cm³/mol. The number of amides is 1. The molecule has 0 saturated carbocycles. The highest BCUT2D eigenvalue weighted by Gasteiger charge is 2.23. The molecule has 6 rings (SSSR count). The van der Waals surface area contributed by atoms with E-state index in [4.69, 9.17) is 4.74 Å². The van der Waals surface area contributed by atoms with Gasteiger partial charge in [0.05, 0.1) is 17.3 Å². The van der Waals surface area contributed by atoms with Crippen molar-refractivity contribution in [3.63, 3.8) is 0 Å². The average molecular weight is 681 g/mol. The fourth-order valence-corrected chi connectivity index (χ4v) is 7.56. The molecule has 0 unspecified atom stereocenters. The summed E-state index contributed by atoms with van der Waals surface area (Å²) in [5.74, 6) is -0.0117. The predicted octanol–water partition coefficient (Wildman–Crippen LogP) is 6.86. The number of carbonyl (C=O) groups excluding carboxylic acids is 1. The number of aromatic amines is 1. The number of aromatic nitrogens is 1. The van der Waals surface area contributed by atoms with E-state index < -0.39 is 12.2 Å². The number of piperidine rings is 1. The number of aliphatic hydroxyl groups is 1. The van der Waals surface area contributed by atoms with Crippen molar-refractivity contribution in [1.29, 1.82) is 0 Å². The second kappa shape index (κ2) is 16.8. The lowest BCUT2D eigenvalue weighted by molar-refractivity contribution is 0.0587. The number of pyridine rings is 1. The molecule has 1 atom stereocenters. The van der Waals surface area contributed by atoms with Crippen LogP contribution in [0.1, 0.15) is 47.1 Å². The Balaban J connectivity index is 0.850. The number of H-pyrrole nitrogens is 1. The van der Waals surface area contributed by atoms with Crippen LogP contribution >= 0.6 is 11.3 Å². The van der Waals surface area contributed by atoms with Gasteiger partial charge in [-0.3, -0.25) is 10.1 Å². The summed E-state index contributed by atoms with van der Waals surface area (Å²) in [6, 6.07) is 28.5. The number of ether oxygens (including phenoxy) is 1. The van der Waals surface area contributed by atoms with Crippen LogP contribution in [0.25, 0.3) is 22.0 Å². The Morgan fingerprint density at radius 2 is 1.65 bits per heavy atom.